The first kappa shape index (κ1) is 18.0. The Hall–Kier alpha value is -1.38. The monoisotopic (exact) mass is 384 g/mol. The molecule has 0 fully saturated rings. The fraction of sp³-hybridized carbons (Fsp3) is 0.125. The molecule has 3 nitrogen and oxygen atoms in total. The van der Waals surface area contributed by atoms with Crippen LogP contribution in [0.2, 0.25) is 15.1 Å². The third-order valence-electron chi connectivity index (χ3n) is 2.87. The number of anilines is 1. The van der Waals surface area contributed by atoms with Crippen LogP contribution in [-0.2, 0) is 10.5 Å². The SMILES string of the molecule is N#Cc1ccc(CSCC(=O)Nc2cc(Cl)c(Cl)cc2Cl)cc1. The maximum atomic E-state index is 11.9. The third-order valence-corrected chi connectivity index (χ3v) is 4.91. The summed E-state index contributed by atoms with van der Waals surface area (Å²) in [6.45, 7) is 0. The van der Waals surface area contributed by atoms with E-state index < -0.39 is 0 Å². The number of nitrogens with one attached hydrogen (secondary N) is 1. The van der Waals surface area contributed by atoms with Gasteiger partial charge in [-0.3, -0.25) is 4.79 Å². The van der Waals surface area contributed by atoms with E-state index in [4.69, 9.17) is 40.1 Å². The van der Waals surface area contributed by atoms with E-state index in [-0.39, 0.29) is 11.7 Å². The minimum atomic E-state index is -0.177. The molecule has 1 amide bonds. The second-order valence-electron chi connectivity index (χ2n) is 4.60. The van der Waals surface area contributed by atoms with Gasteiger partial charge in [-0.25, -0.2) is 0 Å². The van der Waals surface area contributed by atoms with Crippen molar-refractivity contribution in [3.63, 3.8) is 0 Å². The van der Waals surface area contributed by atoms with Gasteiger partial charge in [0.15, 0.2) is 0 Å². The zero-order valence-electron chi connectivity index (χ0n) is 11.8. The number of carbonyl (C=O) groups is 1. The molecule has 0 aliphatic carbocycles. The van der Waals surface area contributed by atoms with E-state index in [2.05, 4.69) is 11.4 Å². The lowest BCUT2D eigenvalue weighted by Gasteiger charge is -2.08. The number of hydrogen-bond donors (Lipinski definition) is 1. The van der Waals surface area contributed by atoms with Gasteiger partial charge in [0.1, 0.15) is 0 Å². The van der Waals surface area contributed by atoms with Crippen molar-refractivity contribution >= 4 is 58.2 Å². The molecule has 7 heteroatoms. The fourth-order valence-electron chi connectivity index (χ4n) is 1.74. The summed E-state index contributed by atoms with van der Waals surface area (Å²) in [7, 11) is 0. The van der Waals surface area contributed by atoms with Gasteiger partial charge in [0.25, 0.3) is 0 Å². The lowest BCUT2D eigenvalue weighted by atomic mass is 10.2. The van der Waals surface area contributed by atoms with Crippen molar-refractivity contribution in [2.45, 2.75) is 5.75 Å². The minimum absolute atomic E-state index is 0.177. The smallest absolute Gasteiger partial charge is 0.234 e. The largest absolute Gasteiger partial charge is 0.324 e. The predicted octanol–water partition coefficient (Wildman–Crippen LogP) is 5.39. The number of nitriles is 1. The highest BCUT2D eigenvalue weighted by atomic mass is 35.5. The summed E-state index contributed by atoms with van der Waals surface area (Å²) in [4.78, 5) is 11.9. The lowest BCUT2D eigenvalue weighted by Crippen LogP contribution is -2.14. The van der Waals surface area contributed by atoms with Gasteiger partial charge in [-0.15, -0.1) is 11.8 Å². The fourth-order valence-corrected chi connectivity index (χ4v) is 3.12. The molecule has 0 radical (unpaired) electrons. The van der Waals surface area contributed by atoms with Crippen LogP contribution >= 0.6 is 46.6 Å². The second-order valence-corrected chi connectivity index (χ2v) is 6.80. The number of halogens is 3. The molecule has 0 spiro atoms. The zero-order valence-corrected chi connectivity index (χ0v) is 14.9. The van der Waals surface area contributed by atoms with E-state index >= 15 is 0 Å². The van der Waals surface area contributed by atoms with Crippen LogP contribution < -0.4 is 5.32 Å². The normalized spacial score (nSPS) is 10.2. The predicted molar refractivity (Wildman–Crippen MR) is 97.4 cm³/mol. The van der Waals surface area contributed by atoms with Crippen molar-refractivity contribution in [2.75, 3.05) is 11.1 Å². The average Bonchev–Trinajstić information content (AvgIpc) is 2.53. The van der Waals surface area contributed by atoms with E-state index in [9.17, 15) is 4.79 Å². The Morgan fingerprint density at radius 1 is 1.09 bits per heavy atom. The van der Waals surface area contributed by atoms with Gasteiger partial charge in [-0.2, -0.15) is 5.26 Å². The first-order chi connectivity index (χ1) is 11.0. The topological polar surface area (TPSA) is 52.9 Å². The summed E-state index contributed by atoms with van der Waals surface area (Å²) < 4.78 is 0. The van der Waals surface area contributed by atoms with Gasteiger partial charge in [-0.05, 0) is 29.8 Å². The number of carbonyl (C=O) groups excluding carboxylic acids is 1. The molecule has 2 rings (SSSR count). The molecule has 2 aromatic carbocycles. The Bertz CT molecular complexity index is 757. The maximum absolute atomic E-state index is 11.9. The van der Waals surface area contributed by atoms with Crippen molar-refractivity contribution in [3.8, 4) is 6.07 Å². The molecule has 1 N–H and O–H groups in total. The second kappa shape index (κ2) is 8.47. The molecule has 0 unspecified atom stereocenters. The maximum Gasteiger partial charge on any atom is 0.234 e. The summed E-state index contributed by atoms with van der Waals surface area (Å²) in [6.07, 6.45) is 0. The van der Waals surface area contributed by atoms with Crippen LogP contribution in [0.1, 0.15) is 11.1 Å². The molecule has 118 valence electrons. The van der Waals surface area contributed by atoms with Crippen molar-refractivity contribution in [1.29, 1.82) is 5.26 Å². The molecule has 0 aromatic heterocycles. The quantitative estimate of drug-likeness (QED) is 0.702. The van der Waals surface area contributed by atoms with Crippen LogP contribution in [0.5, 0.6) is 0 Å². The molecule has 0 saturated heterocycles. The van der Waals surface area contributed by atoms with Crippen LogP contribution in [0.4, 0.5) is 5.69 Å². The summed E-state index contributed by atoms with van der Waals surface area (Å²) >= 11 is 19.2. The molecule has 0 bridgehead atoms. The summed E-state index contributed by atoms with van der Waals surface area (Å²) in [6, 6.07) is 12.3. The van der Waals surface area contributed by atoms with Crippen LogP contribution in [0.15, 0.2) is 36.4 Å². The number of thioether (sulfide) groups is 1. The van der Waals surface area contributed by atoms with Gasteiger partial charge < -0.3 is 5.32 Å². The molecule has 23 heavy (non-hydrogen) atoms. The third kappa shape index (κ3) is 5.33. The highest BCUT2D eigenvalue weighted by molar-refractivity contribution is 7.99. The number of amides is 1. The highest BCUT2D eigenvalue weighted by Gasteiger charge is 2.09. The van der Waals surface area contributed by atoms with Crippen molar-refractivity contribution < 1.29 is 4.79 Å². The Labute approximate surface area is 153 Å². The standard InChI is InChI=1S/C16H11Cl3N2OS/c17-12-5-14(19)15(6-13(12)18)21-16(22)9-23-8-11-3-1-10(7-20)2-4-11/h1-6H,8-9H2,(H,21,22). The highest BCUT2D eigenvalue weighted by Crippen LogP contribution is 2.32. The van der Waals surface area contributed by atoms with E-state index in [1.807, 2.05) is 12.1 Å². The zero-order chi connectivity index (χ0) is 16.8. The molecular formula is C16H11Cl3N2OS. The molecule has 0 atom stereocenters. The Balaban J connectivity index is 1.85. The molecule has 0 aliphatic rings. The molecule has 0 aliphatic heterocycles. The summed E-state index contributed by atoms with van der Waals surface area (Å²) in [5.41, 5.74) is 2.10. The van der Waals surface area contributed by atoms with Crippen LogP contribution in [-0.4, -0.2) is 11.7 Å². The molecule has 2 aromatic rings. The van der Waals surface area contributed by atoms with E-state index in [0.29, 0.717) is 32.1 Å². The van der Waals surface area contributed by atoms with Crippen LogP contribution in [0.25, 0.3) is 0 Å². The average molecular weight is 386 g/mol. The van der Waals surface area contributed by atoms with Gasteiger partial charge >= 0.3 is 0 Å². The van der Waals surface area contributed by atoms with Crippen LogP contribution in [0.3, 0.4) is 0 Å². The van der Waals surface area contributed by atoms with Crippen molar-refractivity contribution in [3.05, 3.63) is 62.6 Å². The van der Waals surface area contributed by atoms with Gasteiger partial charge in [0.2, 0.25) is 5.91 Å². The lowest BCUT2D eigenvalue weighted by molar-refractivity contribution is -0.113. The number of rotatable bonds is 5. The van der Waals surface area contributed by atoms with Gasteiger partial charge in [-0.1, -0.05) is 46.9 Å². The number of nitrogens with zero attached hydrogens (tertiary/aromatic N) is 1. The summed E-state index contributed by atoms with van der Waals surface area (Å²) in [5.74, 6) is 0.772. The molecule has 0 saturated carbocycles. The Kier molecular flexibility index (Phi) is 6.61. The van der Waals surface area contributed by atoms with Crippen molar-refractivity contribution in [2.24, 2.45) is 0 Å². The van der Waals surface area contributed by atoms with E-state index in [1.165, 1.54) is 23.9 Å². The first-order valence-electron chi connectivity index (χ1n) is 6.51. The first-order valence-corrected chi connectivity index (χ1v) is 8.79. The van der Waals surface area contributed by atoms with Crippen molar-refractivity contribution in [1.82, 2.24) is 0 Å². The molecular weight excluding hydrogens is 375 g/mol. The Morgan fingerprint density at radius 3 is 2.39 bits per heavy atom. The number of benzene rings is 2. The summed E-state index contributed by atoms with van der Waals surface area (Å²) in [5, 5.41) is 12.5. The van der Waals surface area contributed by atoms with E-state index in [0.717, 1.165) is 5.56 Å². The van der Waals surface area contributed by atoms with Gasteiger partial charge in [0, 0.05) is 5.75 Å². The Morgan fingerprint density at radius 2 is 1.74 bits per heavy atom. The van der Waals surface area contributed by atoms with E-state index in [1.54, 1.807) is 12.1 Å². The number of hydrogen-bond acceptors (Lipinski definition) is 3. The van der Waals surface area contributed by atoms with Gasteiger partial charge in [0.05, 0.1) is 38.1 Å². The van der Waals surface area contributed by atoms with Crippen LogP contribution in [0, 0.1) is 11.3 Å². The molecule has 0 heterocycles. The minimum Gasteiger partial charge on any atom is -0.324 e.